The maximum atomic E-state index is 11.8. The van der Waals surface area contributed by atoms with Crippen LogP contribution in [0.15, 0.2) is 53.6 Å². The van der Waals surface area contributed by atoms with Crippen LogP contribution in [0.1, 0.15) is 12.5 Å². The van der Waals surface area contributed by atoms with E-state index >= 15 is 0 Å². The Labute approximate surface area is 145 Å². The first-order valence-corrected chi connectivity index (χ1v) is 7.63. The molecule has 0 heterocycles. The number of hydrogen-bond acceptors (Lipinski definition) is 5. The van der Waals surface area contributed by atoms with E-state index in [4.69, 9.17) is 9.47 Å². The normalized spacial score (nSPS) is 10.3. The highest BCUT2D eigenvalue weighted by atomic mass is 16.5. The van der Waals surface area contributed by atoms with Gasteiger partial charge in [-0.1, -0.05) is 6.07 Å². The van der Waals surface area contributed by atoms with Gasteiger partial charge in [0.1, 0.15) is 11.5 Å². The van der Waals surface area contributed by atoms with Gasteiger partial charge in [0.05, 0.1) is 19.9 Å². The average molecular weight is 341 g/mol. The van der Waals surface area contributed by atoms with Crippen molar-refractivity contribution < 1.29 is 19.1 Å². The van der Waals surface area contributed by atoms with E-state index in [9.17, 15) is 9.59 Å². The first-order chi connectivity index (χ1) is 12.1. The number of hydrazone groups is 1. The summed E-state index contributed by atoms with van der Waals surface area (Å²) in [6, 6.07) is 13.9. The molecule has 0 aromatic heterocycles. The minimum absolute atomic E-state index is 0.454. The first kappa shape index (κ1) is 18.0. The fourth-order valence-corrected chi connectivity index (χ4v) is 1.92. The third-order valence-corrected chi connectivity index (χ3v) is 3.10. The van der Waals surface area contributed by atoms with Crippen molar-refractivity contribution >= 4 is 23.7 Å². The maximum absolute atomic E-state index is 11.8. The fourth-order valence-electron chi connectivity index (χ4n) is 1.92. The molecular formula is C18H19N3O4. The Morgan fingerprint density at radius 1 is 1.08 bits per heavy atom. The Morgan fingerprint density at radius 2 is 1.84 bits per heavy atom. The summed E-state index contributed by atoms with van der Waals surface area (Å²) in [6.45, 7) is 2.49. The Morgan fingerprint density at radius 3 is 2.52 bits per heavy atom. The molecule has 0 bridgehead atoms. The van der Waals surface area contributed by atoms with Crippen LogP contribution in [-0.4, -0.2) is 31.7 Å². The van der Waals surface area contributed by atoms with Gasteiger partial charge in [0.2, 0.25) is 0 Å². The van der Waals surface area contributed by atoms with Crippen LogP contribution in [0.4, 0.5) is 5.69 Å². The highest BCUT2D eigenvalue weighted by Crippen LogP contribution is 2.16. The summed E-state index contributed by atoms with van der Waals surface area (Å²) in [5.74, 6) is -0.366. The number of methoxy groups -OCH3 is 1. The molecule has 0 spiro atoms. The molecule has 0 unspecified atom stereocenters. The van der Waals surface area contributed by atoms with Crippen molar-refractivity contribution in [2.24, 2.45) is 5.10 Å². The van der Waals surface area contributed by atoms with Gasteiger partial charge in [0.25, 0.3) is 0 Å². The second-order valence-electron chi connectivity index (χ2n) is 4.89. The first-order valence-electron chi connectivity index (χ1n) is 7.63. The summed E-state index contributed by atoms with van der Waals surface area (Å²) in [5.41, 5.74) is 3.39. The summed E-state index contributed by atoms with van der Waals surface area (Å²) in [6.07, 6.45) is 1.44. The van der Waals surface area contributed by atoms with Crippen molar-refractivity contribution in [3.05, 3.63) is 54.1 Å². The van der Waals surface area contributed by atoms with Gasteiger partial charge in [0, 0.05) is 11.8 Å². The predicted molar refractivity (Wildman–Crippen MR) is 95.0 cm³/mol. The van der Waals surface area contributed by atoms with Crippen LogP contribution in [0.3, 0.4) is 0 Å². The minimum Gasteiger partial charge on any atom is -0.497 e. The number of nitrogens with one attached hydrogen (secondary N) is 2. The van der Waals surface area contributed by atoms with Crippen molar-refractivity contribution in [2.75, 3.05) is 19.0 Å². The van der Waals surface area contributed by atoms with E-state index in [-0.39, 0.29) is 0 Å². The lowest BCUT2D eigenvalue weighted by Gasteiger charge is -2.05. The lowest BCUT2D eigenvalue weighted by Crippen LogP contribution is -2.32. The van der Waals surface area contributed by atoms with E-state index in [1.54, 1.807) is 48.5 Å². The molecule has 7 nitrogen and oxygen atoms in total. The van der Waals surface area contributed by atoms with Gasteiger partial charge in [0.15, 0.2) is 0 Å². The molecule has 2 rings (SSSR count). The largest absolute Gasteiger partial charge is 0.497 e. The number of hydrogen-bond donors (Lipinski definition) is 2. The molecule has 0 aliphatic carbocycles. The molecule has 0 saturated heterocycles. The highest BCUT2D eigenvalue weighted by Gasteiger charge is 2.13. The lowest BCUT2D eigenvalue weighted by molar-refractivity contribution is -0.136. The molecule has 25 heavy (non-hydrogen) atoms. The second kappa shape index (κ2) is 9.07. The molecule has 0 radical (unpaired) electrons. The van der Waals surface area contributed by atoms with Gasteiger partial charge in [-0.25, -0.2) is 5.43 Å². The quantitative estimate of drug-likeness (QED) is 0.479. The summed E-state index contributed by atoms with van der Waals surface area (Å²) in [7, 11) is 1.52. The SMILES string of the molecule is CCOc1ccc(/C=N\NC(=O)C(=O)Nc2cccc(OC)c2)cc1. The zero-order chi connectivity index (χ0) is 18.1. The molecule has 130 valence electrons. The fraction of sp³-hybridized carbons (Fsp3) is 0.167. The Balaban J connectivity index is 1.87. The van der Waals surface area contributed by atoms with Crippen LogP contribution in [0.2, 0.25) is 0 Å². The smallest absolute Gasteiger partial charge is 0.329 e. The van der Waals surface area contributed by atoms with Crippen LogP contribution in [0.25, 0.3) is 0 Å². The number of rotatable bonds is 6. The van der Waals surface area contributed by atoms with Crippen LogP contribution in [-0.2, 0) is 9.59 Å². The zero-order valence-electron chi connectivity index (χ0n) is 14.0. The van der Waals surface area contributed by atoms with Crippen LogP contribution >= 0.6 is 0 Å². The van der Waals surface area contributed by atoms with Gasteiger partial charge in [-0.2, -0.15) is 5.10 Å². The molecule has 0 saturated carbocycles. The van der Waals surface area contributed by atoms with E-state index < -0.39 is 11.8 Å². The highest BCUT2D eigenvalue weighted by molar-refractivity contribution is 6.39. The van der Waals surface area contributed by atoms with Gasteiger partial charge >= 0.3 is 11.8 Å². The zero-order valence-corrected chi connectivity index (χ0v) is 14.0. The number of ether oxygens (including phenoxy) is 2. The maximum Gasteiger partial charge on any atom is 0.329 e. The number of anilines is 1. The average Bonchev–Trinajstić information content (AvgIpc) is 2.63. The van der Waals surface area contributed by atoms with Crippen LogP contribution in [0.5, 0.6) is 11.5 Å². The molecule has 7 heteroatoms. The molecule has 2 aromatic carbocycles. The Kier molecular flexibility index (Phi) is 6.53. The van der Waals surface area contributed by atoms with Gasteiger partial charge in [-0.15, -0.1) is 0 Å². The van der Waals surface area contributed by atoms with E-state index in [0.29, 0.717) is 18.0 Å². The topological polar surface area (TPSA) is 89.0 Å². The molecule has 2 N–H and O–H groups in total. The summed E-state index contributed by atoms with van der Waals surface area (Å²) in [5, 5.41) is 6.23. The molecule has 2 amide bonds. The van der Waals surface area contributed by atoms with E-state index in [1.165, 1.54) is 13.3 Å². The standard InChI is InChI=1S/C18H19N3O4/c1-3-25-15-9-7-13(8-10-15)12-19-21-18(23)17(22)20-14-5-4-6-16(11-14)24-2/h4-12H,3H2,1-2H3,(H,20,22)(H,21,23)/b19-12-. The third-order valence-electron chi connectivity index (χ3n) is 3.10. The van der Waals surface area contributed by atoms with Crippen molar-refractivity contribution in [2.45, 2.75) is 6.92 Å². The monoisotopic (exact) mass is 341 g/mol. The number of nitrogens with zero attached hydrogens (tertiary/aromatic N) is 1. The van der Waals surface area contributed by atoms with Gasteiger partial charge in [-0.3, -0.25) is 9.59 Å². The van der Waals surface area contributed by atoms with E-state index in [2.05, 4.69) is 15.8 Å². The van der Waals surface area contributed by atoms with Crippen molar-refractivity contribution in [1.29, 1.82) is 0 Å². The Hall–Kier alpha value is -3.35. The summed E-state index contributed by atoms with van der Waals surface area (Å²) >= 11 is 0. The number of benzene rings is 2. The van der Waals surface area contributed by atoms with Crippen molar-refractivity contribution in [1.82, 2.24) is 5.43 Å². The van der Waals surface area contributed by atoms with Crippen LogP contribution in [0, 0.1) is 0 Å². The molecule has 0 aliphatic rings. The van der Waals surface area contributed by atoms with Crippen molar-refractivity contribution in [3.63, 3.8) is 0 Å². The molecule has 0 fully saturated rings. The Bertz CT molecular complexity index is 757. The molecule has 0 atom stereocenters. The lowest BCUT2D eigenvalue weighted by atomic mass is 10.2. The van der Waals surface area contributed by atoms with Gasteiger partial charge in [-0.05, 0) is 48.9 Å². The number of amides is 2. The number of carbonyl (C=O) groups is 2. The van der Waals surface area contributed by atoms with Gasteiger partial charge < -0.3 is 14.8 Å². The van der Waals surface area contributed by atoms with Crippen molar-refractivity contribution in [3.8, 4) is 11.5 Å². The minimum atomic E-state index is -0.870. The molecular weight excluding hydrogens is 322 g/mol. The summed E-state index contributed by atoms with van der Waals surface area (Å²) in [4.78, 5) is 23.6. The van der Waals surface area contributed by atoms with E-state index in [0.717, 1.165) is 11.3 Å². The summed E-state index contributed by atoms with van der Waals surface area (Å²) < 4.78 is 10.4. The molecule has 2 aromatic rings. The van der Waals surface area contributed by atoms with Crippen LogP contribution < -0.4 is 20.2 Å². The second-order valence-corrected chi connectivity index (χ2v) is 4.89. The molecule has 0 aliphatic heterocycles. The third kappa shape index (κ3) is 5.65. The predicted octanol–water partition coefficient (Wildman–Crippen LogP) is 2.18. The number of carbonyl (C=O) groups excluding carboxylic acids is 2. The van der Waals surface area contributed by atoms with E-state index in [1.807, 2.05) is 6.92 Å².